The molecule has 2 rings (SSSR count). The zero-order chi connectivity index (χ0) is 21.6. The molecule has 0 aromatic carbocycles. The van der Waals surface area contributed by atoms with E-state index >= 15 is 0 Å². The van der Waals surface area contributed by atoms with E-state index in [4.69, 9.17) is 13.9 Å². The monoisotopic (exact) mass is 422 g/mol. The molecule has 0 saturated carbocycles. The fourth-order valence-corrected chi connectivity index (χ4v) is 3.17. The highest BCUT2D eigenvalue weighted by Crippen LogP contribution is 2.11. The van der Waals surface area contributed by atoms with Gasteiger partial charge in [-0.15, -0.1) is 0 Å². The van der Waals surface area contributed by atoms with Gasteiger partial charge in [-0.2, -0.15) is 0 Å². The first-order chi connectivity index (χ1) is 14.6. The van der Waals surface area contributed by atoms with E-state index in [1.807, 2.05) is 19.1 Å². The molecule has 1 fully saturated rings. The fourth-order valence-electron chi connectivity index (χ4n) is 3.17. The van der Waals surface area contributed by atoms with Crippen molar-refractivity contribution in [2.75, 3.05) is 46.0 Å². The summed E-state index contributed by atoms with van der Waals surface area (Å²) in [5.41, 5.74) is 0. The predicted octanol–water partition coefficient (Wildman–Crippen LogP) is 3.04. The van der Waals surface area contributed by atoms with Crippen molar-refractivity contribution in [1.82, 2.24) is 15.5 Å². The average molecular weight is 423 g/mol. The molecule has 1 saturated heterocycles. The van der Waals surface area contributed by atoms with Gasteiger partial charge in [0.1, 0.15) is 5.76 Å². The van der Waals surface area contributed by atoms with Gasteiger partial charge in [-0.25, -0.2) is 4.79 Å². The highest BCUT2D eigenvalue weighted by molar-refractivity contribution is 5.80. The standard InChI is InChI=1S/C22H38N4O4/c1-4-29-22(27)26-13-8-19(9-14-26)25-21(23-11-7-20-6-5-15-30-20)24-12-17-28-16-10-18(2)3/h5-6,15,18-19H,4,7-14,16-17H2,1-3H3,(H2,23,24,25). The molecule has 2 N–H and O–H groups in total. The smallest absolute Gasteiger partial charge is 0.409 e. The molecule has 1 aliphatic rings. The van der Waals surface area contributed by atoms with E-state index in [2.05, 4.69) is 29.5 Å². The number of furan rings is 1. The van der Waals surface area contributed by atoms with Crippen LogP contribution in [-0.2, 0) is 15.9 Å². The van der Waals surface area contributed by atoms with Crippen LogP contribution in [0, 0.1) is 5.92 Å². The maximum atomic E-state index is 11.9. The van der Waals surface area contributed by atoms with E-state index in [0.29, 0.717) is 38.8 Å². The van der Waals surface area contributed by atoms with Crippen LogP contribution in [0.4, 0.5) is 4.79 Å². The van der Waals surface area contributed by atoms with E-state index < -0.39 is 0 Å². The number of piperidine rings is 1. The number of nitrogens with one attached hydrogen (secondary N) is 2. The first-order valence-electron chi connectivity index (χ1n) is 11.1. The van der Waals surface area contributed by atoms with Gasteiger partial charge in [0.15, 0.2) is 5.96 Å². The maximum Gasteiger partial charge on any atom is 0.409 e. The molecule has 8 heteroatoms. The second-order valence-electron chi connectivity index (χ2n) is 7.89. The molecule has 30 heavy (non-hydrogen) atoms. The molecule has 1 amide bonds. The molecule has 0 atom stereocenters. The van der Waals surface area contributed by atoms with Crippen LogP contribution in [0.2, 0.25) is 0 Å². The van der Waals surface area contributed by atoms with E-state index in [0.717, 1.165) is 50.6 Å². The number of likely N-dealkylation sites (tertiary alicyclic amines) is 1. The zero-order valence-corrected chi connectivity index (χ0v) is 18.7. The molecule has 1 aromatic heterocycles. The minimum atomic E-state index is -0.222. The lowest BCUT2D eigenvalue weighted by atomic mass is 10.1. The van der Waals surface area contributed by atoms with Crippen molar-refractivity contribution >= 4 is 12.1 Å². The van der Waals surface area contributed by atoms with Crippen molar-refractivity contribution in [3.63, 3.8) is 0 Å². The topological polar surface area (TPSA) is 88.3 Å². The normalized spacial score (nSPS) is 15.5. The Kier molecular flexibility index (Phi) is 11.1. The lowest BCUT2D eigenvalue weighted by Gasteiger charge is -2.32. The van der Waals surface area contributed by atoms with Crippen LogP contribution in [0.1, 0.15) is 45.8 Å². The van der Waals surface area contributed by atoms with Crippen molar-refractivity contribution < 1.29 is 18.7 Å². The molecule has 0 aliphatic carbocycles. The second kappa shape index (κ2) is 13.9. The van der Waals surface area contributed by atoms with Gasteiger partial charge in [0.2, 0.25) is 0 Å². The summed E-state index contributed by atoms with van der Waals surface area (Å²) in [4.78, 5) is 18.3. The molecule has 1 aliphatic heterocycles. The summed E-state index contributed by atoms with van der Waals surface area (Å²) < 4.78 is 16.2. The van der Waals surface area contributed by atoms with Crippen LogP contribution in [0.3, 0.4) is 0 Å². The number of ether oxygens (including phenoxy) is 2. The SMILES string of the molecule is CCOC(=O)N1CCC(NC(=NCCOCCC(C)C)NCCc2ccco2)CC1. The van der Waals surface area contributed by atoms with Crippen molar-refractivity contribution in [2.45, 2.75) is 52.5 Å². The number of hydrogen-bond donors (Lipinski definition) is 2. The summed E-state index contributed by atoms with van der Waals surface area (Å²) >= 11 is 0. The predicted molar refractivity (Wildman–Crippen MR) is 118 cm³/mol. The summed E-state index contributed by atoms with van der Waals surface area (Å²) in [6.45, 7) is 10.7. The quantitative estimate of drug-likeness (QED) is 0.324. The number of nitrogens with zero attached hydrogens (tertiary/aromatic N) is 2. The van der Waals surface area contributed by atoms with Crippen LogP contribution in [0.5, 0.6) is 0 Å². The van der Waals surface area contributed by atoms with Crippen molar-refractivity contribution in [3.8, 4) is 0 Å². The van der Waals surface area contributed by atoms with Gasteiger partial charge in [0.25, 0.3) is 0 Å². The Morgan fingerprint density at radius 3 is 2.80 bits per heavy atom. The maximum absolute atomic E-state index is 11.9. The molecular weight excluding hydrogens is 384 g/mol. The minimum absolute atomic E-state index is 0.222. The molecular formula is C22H38N4O4. The fraction of sp³-hybridized carbons (Fsp3) is 0.727. The Bertz CT molecular complexity index is 611. The zero-order valence-electron chi connectivity index (χ0n) is 18.7. The Labute approximate surface area is 180 Å². The molecule has 2 heterocycles. The van der Waals surface area contributed by atoms with E-state index in [9.17, 15) is 4.79 Å². The Morgan fingerprint density at radius 1 is 1.33 bits per heavy atom. The minimum Gasteiger partial charge on any atom is -0.469 e. The second-order valence-corrected chi connectivity index (χ2v) is 7.89. The number of aliphatic imine (C=N–C) groups is 1. The van der Waals surface area contributed by atoms with Gasteiger partial charge < -0.3 is 29.4 Å². The highest BCUT2D eigenvalue weighted by Gasteiger charge is 2.24. The van der Waals surface area contributed by atoms with E-state index in [-0.39, 0.29) is 12.1 Å². The van der Waals surface area contributed by atoms with Crippen LogP contribution in [-0.4, -0.2) is 69.0 Å². The largest absolute Gasteiger partial charge is 0.469 e. The first kappa shape index (κ1) is 24.1. The third kappa shape index (κ3) is 9.52. The van der Waals surface area contributed by atoms with Gasteiger partial charge in [-0.1, -0.05) is 13.8 Å². The van der Waals surface area contributed by atoms with Gasteiger partial charge in [-0.3, -0.25) is 4.99 Å². The molecule has 0 bridgehead atoms. The Hall–Kier alpha value is -2.22. The lowest BCUT2D eigenvalue weighted by Crippen LogP contribution is -2.50. The number of hydrogen-bond acceptors (Lipinski definition) is 5. The van der Waals surface area contributed by atoms with Crippen LogP contribution >= 0.6 is 0 Å². The number of carbonyl (C=O) groups is 1. The number of amides is 1. The average Bonchev–Trinajstić information content (AvgIpc) is 3.24. The summed E-state index contributed by atoms with van der Waals surface area (Å²) in [6, 6.07) is 4.14. The first-order valence-corrected chi connectivity index (χ1v) is 11.1. The van der Waals surface area contributed by atoms with Crippen LogP contribution in [0.15, 0.2) is 27.8 Å². The number of guanidine groups is 1. The number of carbonyl (C=O) groups excluding carboxylic acids is 1. The lowest BCUT2D eigenvalue weighted by molar-refractivity contribution is 0.0962. The molecule has 0 spiro atoms. The summed E-state index contributed by atoms with van der Waals surface area (Å²) in [7, 11) is 0. The molecule has 170 valence electrons. The summed E-state index contributed by atoms with van der Waals surface area (Å²) in [6.07, 6.45) is 5.05. The molecule has 0 unspecified atom stereocenters. The van der Waals surface area contributed by atoms with Gasteiger partial charge in [-0.05, 0) is 44.2 Å². The summed E-state index contributed by atoms with van der Waals surface area (Å²) in [5.74, 6) is 2.37. The van der Waals surface area contributed by atoms with Gasteiger partial charge >= 0.3 is 6.09 Å². The Balaban J connectivity index is 1.78. The molecule has 1 aromatic rings. The molecule has 0 radical (unpaired) electrons. The van der Waals surface area contributed by atoms with Crippen molar-refractivity contribution in [1.29, 1.82) is 0 Å². The van der Waals surface area contributed by atoms with Crippen LogP contribution in [0.25, 0.3) is 0 Å². The van der Waals surface area contributed by atoms with Crippen molar-refractivity contribution in [2.24, 2.45) is 10.9 Å². The van der Waals surface area contributed by atoms with E-state index in [1.165, 1.54) is 0 Å². The number of rotatable bonds is 11. The van der Waals surface area contributed by atoms with Gasteiger partial charge in [0.05, 0.1) is 26.0 Å². The van der Waals surface area contributed by atoms with Gasteiger partial charge in [0, 0.05) is 38.7 Å². The highest BCUT2D eigenvalue weighted by atomic mass is 16.6. The third-order valence-electron chi connectivity index (χ3n) is 4.95. The van der Waals surface area contributed by atoms with E-state index in [1.54, 1.807) is 11.2 Å². The van der Waals surface area contributed by atoms with Crippen LogP contribution < -0.4 is 10.6 Å². The third-order valence-corrected chi connectivity index (χ3v) is 4.95. The molecule has 8 nitrogen and oxygen atoms in total. The van der Waals surface area contributed by atoms with Crippen molar-refractivity contribution in [3.05, 3.63) is 24.2 Å². The Morgan fingerprint density at radius 2 is 2.13 bits per heavy atom. The summed E-state index contributed by atoms with van der Waals surface area (Å²) in [5, 5.41) is 6.90.